The van der Waals surface area contributed by atoms with Gasteiger partial charge in [0.05, 0.1) is 12.8 Å². The van der Waals surface area contributed by atoms with E-state index in [1.54, 1.807) is 0 Å². The predicted octanol–water partition coefficient (Wildman–Crippen LogP) is 3.77. The first-order valence-corrected chi connectivity index (χ1v) is 6.04. The SMILES string of the molecule is CCc1ccc(Oc2cc(OC)c(F)cc2N)cc1. The fraction of sp³-hybridized carbons (Fsp3) is 0.200. The summed E-state index contributed by atoms with van der Waals surface area (Å²) in [5.41, 5.74) is 7.18. The van der Waals surface area contributed by atoms with Crippen LogP contribution in [0.25, 0.3) is 0 Å². The van der Waals surface area contributed by atoms with Crippen molar-refractivity contribution < 1.29 is 13.9 Å². The van der Waals surface area contributed by atoms with E-state index in [-0.39, 0.29) is 11.4 Å². The lowest BCUT2D eigenvalue weighted by Gasteiger charge is -2.11. The molecule has 0 unspecified atom stereocenters. The van der Waals surface area contributed by atoms with Crippen molar-refractivity contribution in [3.8, 4) is 17.2 Å². The van der Waals surface area contributed by atoms with E-state index >= 15 is 0 Å². The highest BCUT2D eigenvalue weighted by molar-refractivity contribution is 5.57. The molecule has 0 fully saturated rings. The number of anilines is 1. The highest BCUT2D eigenvalue weighted by Crippen LogP contribution is 2.33. The number of benzene rings is 2. The van der Waals surface area contributed by atoms with Gasteiger partial charge in [0.1, 0.15) is 5.75 Å². The van der Waals surface area contributed by atoms with Crippen LogP contribution in [0.3, 0.4) is 0 Å². The molecule has 0 bridgehead atoms. The maximum atomic E-state index is 13.4. The third-order valence-electron chi connectivity index (χ3n) is 2.84. The molecule has 0 spiro atoms. The summed E-state index contributed by atoms with van der Waals surface area (Å²) in [7, 11) is 1.40. The molecule has 0 saturated carbocycles. The minimum atomic E-state index is -0.506. The number of ether oxygens (including phenoxy) is 2. The van der Waals surface area contributed by atoms with Gasteiger partial charge in [-0.25, -0.2) is 4.39 Å². The molecule has 0 amide bonds. The van der Waals surface area contributed by atoms with Crippen LogP contribution in [0.5, 0.6) is 17.2 Å². The van der Waals surface area contributed by atoms with E-state index in [2.05, 4.69) is 6.92 Å². The van der Waals surface area contributed by atoms with E-state index in [0.29, 0.717) is 11.5 Å². The molecule has 3 nitrogen and oxygen atoms in total. The van der Waals surface area contributed by atoms with E-state index in [9.17, 15) is 4.39 Å². The third-order valence-corrected chi connectivity index (χ3v) is 2.84. The van der Waals surface area contributed by atoms with Crippen molar-refractivity contribution in [1.82, 2.24) is 0 Å². The Labute approximate surface area is 111 Å². The fourth-order valence-corrected chi connectivity index (χ4v) is 1.72. The van der Waals surface area contributed by atoms with E-state index in [1.807, 2.05) is 24.3 Å². The summed E-state index contributed by atoms with van der Waals surface area (Å²) in [6.07, 6.45) is 0.965. The van der Waals surface area contributed by atoms with E-state index in [0.717, 1.165) is 6.42 Å². The summed E-state index contributed by atoms with van der Waals surface area (Å²) in [6.45, 7) is 2.08. The average molecular weight is 261 g/mol. The average Bonchev–Trinajstić information content (AvgIpc) is 2.42. The van der Waals surface area contributed by atoms with Gasteiger partial charge >= 0.3 is 0 Å². The van der Waals surface area contributed by atoms with E-state index in [4.69, 9.17) is 15.2 Å². The molecule has 2 aromatic rings. The smallest absolute Gasteiger partial charge is 0.167 e. The molecule has 4 heteroatoms. The Hall–Kier alpha value is -2.23. The summed E-state index contributed by atoms with van der Waals surface area (Å²) in [5.74, 6) is 0.628. The molecule has 0 aromatic heterocycles. The Balaban J connectivity index is 2.26. The van der Waals surface area contributed by atoms with Gasteiger partial charge in [-0.2, -0.15) is 0 Å². The zero-order valence-electron chi connectivity index (χ0n) is 10.9. The quantitative estimate of drug-likeness (QED) is 0.852. The number of nitrogens with two attached hydrogens (primary N) is 1. The van der Waals surface area contributed by atoms with E-state index in [1.165, 1.54) is 24.8 Å². The second-order valence-electron chi connectivity index (χ2n) is 4.12. The highest BCUT2D eigenvalue weighted by Gasteiger charge is 2.10. The number of methoxy groups -OCH3 is 1. The molecular formula is C15H16FNO2. The fourth-order valence-electron chi connectivity index (χ4n) is 1.72. The molecule has 0 atom stereocenters. The number of rotatable bonds is 4. The second kappa shape index (κ2) is 5.61. The molecule has 0 aliphatic carbocycles. The Bertz CT molecular complexity index is 567. The number of hydrogen-bond donors (Lipinski definition) is 1. The molecule has 0 aliphatic heterocycles. The van der Waals surface area contributed by atoms with Crippen LogP contribution in [0.15, 0.2) is 36.4 Å². The van der Waals surface area contributed by atoms with Crippen LogP contribution in [0.1, 0.15) is 12.5 Å². The molecule has 2 rings (SSSR count). The first-order chi connectivity index (χ1) is 9.13. The Morgan fingerprint density at radius 3 is 2.37 bits per heavy atom. The van der Waals surface area contributed by atoms with Crippen molar-refractivity contribution >= 4 is 5.69 Å². The molecule has 0 aliphatic rings. The Morgan fingerprint density at radius 2 is 1.79 bits per heavy atom. The van der Waals surface area contributed by atoms with Crippen LogP contribution in [0.4, 0.5) is 10.1 Å². The molecule has 19 heavy (non-hydrogen) atoms. The van der Waals surface area contributed by atoms with Gasteiger partial charge in [-0.15, -0.1) is 0 Å². The van der Waals surface area contributed by atoms with Crippen LogP contribution in [0.2, 0.25) is 0 Å². The van der Waals surface area contributed by atoms with Gasteiger partial charge in [0.25, 0.3) is 0 Å². The third kappa shape index (κ3) is 2.96. The number of nitrogen functional groups attached to an aromatic ring is 1. The molecule has 0 radical (unpaired) electrons. The van der Waals surface area contributed by atoms with Crippen LogP contribution in [-0.2, 0) is 6.42 Å². The van der Waals surface area contributed by atoms with Gasteiger partial charge in [-0.05, 0) is 24.1 Å². The monoisotopic (exact) mass is 261 g/mol. The van der Waals surface area contributed by atoms with Crippen LogP contribution < -0.4 is 15.2 Å². The lowest BCUT2D eigenvalue weighted by Crippen LogP contribution is -1.96. The first-order valence-electron chi connectivity index (χ1n) is 6.04. The van der Waals surface area contributed by atoms with Crippen LogP contribution in [-0.4, -0.2) is 7.11 Å². The van der Waals surface area contributed by atoms with Gasteiger partial charge in [-0.3, -0.25) is 0 Å². The largest absolute Gasteiger partial charge is 0.494 e. The number of hydrogen-bond acceptors (Lipinski definition) is 3. The van der Waals surface area contributed by atoms with Gasteiger partial charge in [0.15, 0.2) is 17.3 Å². The lowest BCUT2D eigenvalue weighted by atomic mass is 10.2. The highest BCUT2D eigenvalue weighted by atomic mass is 19.1. The van der Waals surface area contributed by atoms with Crippen molar-refractivity contribution in [3.05, 3.63) is 47.8 Å². The van der Waals surface area contributed by atoms with Gasteiger partial charge < -0.3 is 15.2 Å². The van der Waals surface area contributed by atoms with E-state index < -0.39 is 5.82 Å². The molecule has 2 N–H and O–H groups in total. The topological polar surface area (TPSA) is 44.5 Å². The van der Waals surface area contributed by atoms with Crippen molar-refractivity contribution in [2.75, 3.05) is 12.8 Å². The Kier molecular flexibility index (Phi) is 3.90. The molecule has 2 aromatic carbocycles. The number of halogens is 1. The molecule has 0 heterocycles. The maximum absolute atomic E-state index is 13.4. The molecular weight excluding hydrogens is 245 g/mol. The lowest BCUT2D eigenvalue weighted by molar-refractivity contribution is 0.382. The van der Waals surface area contributed by atoms with Gasteiger partial charge in [0.2, 0.25) is 0 Å². The molecule has 100 valence electrons. The Morgan fingerprint density at radius 1 is 1.11 bits per heavy atom. The van der Waals surface area contributed by atoms with Crippen molar-refractivity contribution in [3.63, 3.8) is 0 Å². The summed E-state index contributed by atoms with van der Waals surface area (Å²) >= 11 is 0. The molecule has 0 saturated heterocycles. The standard InChI is InChI=1S/C15H16FNO2/c1-3-10-4-6-11(7-5-10)19-15-9-14(18-2)12(16)8-13(15)17/h4-9H,3,17H2,1-2H3. The zero-order chi connectivity index (χ0) is 13.8. The number of aryl methyl sites for hydroxylation is 1. The summed E-state index contributed by atoms with van der Waals surface area (Å²) in [5, 5.41) is 0. The van der Waals surface area contributed by atoms with Crippen LogP contribution >= 0.6 is 0 Å². The second-order valence-corrected chi connectivity index (χ2v) is 4.12. The van der Waals surface area contributed by atoms with Crippen LogP contribution in [0, 0.1) is 5.82 Å². The minimum absolute atomic E-state index is 0.106. The van der Waals surface area contributed by atoms with Gasteiger partial charge in [-0.1, -0.05) is 19.1 Å². The normalized spacial score (nSPS) is 10.3. The summed E-state index contributed by atoms with van der Waals surface area (Å²) in [4.78, 5) is 0. The summed E-state index contributed by atoms with van der Waals surface area (Å²) in [6, 6.07) is 10.3. The van der Waals surface area contributed by atoms with Crippen molar-refractivity contribution in [2.45, 2.75) is 13.3 Å². The van der Waals surface area contributed by atoms with Crippen molar-refractivity contribution in [1.29, 1.82) is 0 Å². The predicted molar refractivity (Wildman–Crippen MR) is 73.3 cm³/mol. The van der Waals surface area contributed by atoms with Crippen molar-refractivity contribution in [2.24, 2.45) is 0 Å². The maximum Gasteiger partial charge on any atom is 0.167 e. The summed E-state index contributed by atoms with van der Waals surface area (Å²) < 4.78 is 23.9. The van der Waals surface area contributed by atoms with Gasteiger partial charge in [0, 0.05) is 12.1 Å². The minimum Gasteiger partial charge on any atom is -0.494 e. The zero-order valence-corrected chi connectivity index (χ0v) is 10.9. The first kappa shape index (κ1) is 13.2.